The number of hydrogen-bond acceptors (Lipinski definition) is 3. The molecule has 0 saturated carbocycles. The number of nitrogens with zero attached hydrogens (tertiary/aromatic N) is 1. The lowest BCUT2D eigenvalue weighted by Gasteiger charge is -2.18. The zero-order valence-corrected chi connectivity index (χ0v) is 13.6. The van der Waals surface area contributed by atoms with E-state index in [1.807, 2.05) is 6.07 Å². The van der Waals surface area contributed by atoms with Crippen molar-refractivity contribution in [1.29, 1.82) is 0 Å². The molecule has 0 radical (unpaired) electrons. The molecule has 0 spiro atoms. The molecule has 0 amide bonds. The van der Waals surface area contributed by atoms with Crippen LogP contribution in [0.1, 0.15) is 36.7 Å². The summed E-state index contributed by atoms with van der Waals surface area (Å²) in [4.78, 5) is 15.3. The number of carboxylic acid groups (broad SMARTS) is 1. The minimum Gasteiger partial charge on any atom is -0.478 e. The average Bonchev–Trinajstić information content (AvgIpc) is 2.40. The molecule has 21 heavy (non-hydrogen) atoms. The highest BCUT2D eigenvalue weighted by Crippen LogP contribution is 2.30. The van der Waals surface area contributed by atoms with Crippen LogP contribution in [0.2, 0.25) is 0 Å². The molecule has 0 aliphatic rings. The Labute approximate surface area is 131 Å². The van der Waals surface area contributed by atoms with E-state index in [4.69, 9.17) is 9.84 Å². The minimum absolute atomic E-state index is 0.0232. The Bertz CT molecular complexity index is 660. The second-order valence-corrected chi connectivity index (χ2v) is 6.54. The van der Waals surface area contributed by atoms with E-state index in [1.165, 1.54) is 12.1 Å². The number of pyridine rings is 1. The molecule has 1 N–H and O–H groups in total. The van der Waals surface area contributed by atoms with E-state index >= 15 is 0 Å². The van der Waals surface area contributed by atoms with Crippen molar-refractivity contribution in [2.24, 2.45) is 0 Å². The predicted molar refractivity (Wildman–Crippen MR) is 84.1 cm³/mol. The number of benzene rings is 1. The summed E-state index contributed by atoms with van der Waals surface area (Å²) in [6.07, 6.45) is 1.77. The van der Waals surface area contributed by atoms with Gasteiger partial charge in [-0.2, -0.15) is 0 Å². The van der Waals surface area contributed by atoms with Gasteiger partial charge in [0, 0.05) is 12.3 Å². The molecular formula is C16H16BrNO3. The molecule has 2 rings (SSSR count). The van der Waals surface area contributed by atoms with Crippen LogP contribution >= 0.6 is 15.9 Å². The van der Waals surface area contributed by atoms with Crippen molar-refractivity contribution in [3.05, 3.63) is 52.1 Å². The molecule has 0 atom stereocenters. The van der Waals surface area contributed by atoms with Gasteiger partial charge in [0.05, 0.1) is 10.0 Å². The molecule has 1 aromatic carbocycles. The Kier molecular flexibility index (Phi) is 4.32. The number of ether oxygens (including phenoxy) is 1. The van der Waals surface area contributed by atoms with Gasteiger partial charge in [-0.1, -0.05) is 26.8 Å². The van der Waals surface area contributed by atoms with Crippen LogP contribution in [0.25, 0.3) is 0 Å². The van der Waals surface area contributed by atoms with E-state index in [-0.39, 0.29) is 11.0 Å². The van der Waals surface area contributed by atoms with Crippen molar-refractivity contribution in [3.63, 3.8) is 0 Å². The van der Waals surface area contributed by atoms with E-state index in [1.54, 1.807) is 18.3 Å². The van der Waals surface area contributed by atoms with Crippen molar-refractivity contribution in [2.75, 3.05) is 0 Å². The third-order valence-electron chi connectivity index (χ3n) is 3.00. The van der Waals surface area contributed by atoms with Gasteiger partial charge < -0.3 is 9.84 Å². The summed E-state index contributed by atoms with van der Waals surface area (Å²) in [5, 5.41) is 9.01. The van der Waals surface area contributed by atoms with Crippen LogP contribution in [0.15, 0.2) is 41.0 Å². The highest BCUT2D eigenvalue weighted by molar-refractivity contribution is 9.10. The molecule has 0 fully saturated rings. The lowest BCUT2D eigenvalue weighted by molar-refractivity contribution is 0.0696. The fourth-order valence-corrected chi connectivity index (χ4v) is 2.04. The zero-order chi connectivity index (χ0) is 15.6. The molecule has 0 aliphatic carbocycles. The van der Waals surface area contributed by atoms with Gasteiger partial charge in [0.25, 0.3) is 0 Å². The second kappa shape index (κ2) is 5.85. The predicted octanol–water partition coefficient (Wildman–Crippen LogP) is 4.63. The van der Waals surface area contributed by atoms with E-state index in [9.17, 15) is 4.79 Å². The molecule has 0 saturated heterocycles. The van der Waals surface area contributed by atoms with E-state index in [0.717, 1.165) is 5.56 Å². The summed E-state index contributed by atoms with van der Waals surface area (Å²) in [6, 6.07) is 8.35. The van der Waals surface area contributed by atoms with Crippen molar-refractivity contribution in [2.45, 2.75) is 26.2 Å². The van der Waals surface area contributed by atoms with E-state index in [2.05, 4.69) is 41.7 Å². The minimum atomic E-state index is -0.997. The maximum atomic E-state index is 11.0. The Morgan fingerprint density at radius 1 is 1.24 bits per heavy atom. The van der Waals surface area contributed by atoms with Crippen molar-refractivity contribution in [1.82, 2.24) is 4.98 Å². The molecule has 2 aromatic rings. The molecule has 4 nitrogen and oxygen atoms in total. The lowest BCUT2D eigenvalue weighted by atomic mass is 9.88. The van der Waals surface area contributed by atoms with E-state index in [0.29, 0.717) is 16.1 Å². The van der Waals surface area contributed by atoms with Gasteiger partial charge >= 0.3 is 5.97 Å². The van der Waals surface area contributed by atoms with Gasteiger partial charge in [-0.05, 0) is 45.1 Å². The SMILES string of the molecule is CC(C)(C)c1ccc(Oc2cc(C(=O)O)ccc2Br)nc1. The van der Waals surface area contributed by atoms with Gasteiger partial charge in [0.1, 0.15) is 5.75 Å². The number of carbonyl (C=O) groups is 1. The number of aromatic nitrogens is 1. The third kappa shape index (κ3) is 3.82. The Morgan fingerprint density at radius 2 is 1.95 bits per heavy atom. The van der Waals surface area contributed by atoms with Crippen molar-refractivity contribution < 1.29 is 14.6 Å². The summed E-state index contributed by atoms with van der Waals surface area (Å²) in [6.45, 7) is 6.33. The Morgan fingerprint density at radius 3 is 2.48 bits per heavy atom. The molecule has 1 aromatic heterocycles. The number of halogens is 1. The van der Waals surface area contributed by atoms with Gasteiger partial charge in [-0.15, -0.1) is 0 Å². The van der Waals surface area contributed by atoms with Crippen LogP contribution in [-0.2, 0) is 5.41 Å². The third-order valence-corrected chi connectivity index (χ3v) is 3.65. The fraction of sp³-hybridized carbons (Fsp3) is 0.250. The van der Waals surface area contributed by atoms with Crippen LogP contribution < -0.4 is 4.74 Å². The largest absolute Gasteiger partial charge is 0.478 e. The molecule has 0 unspecified atom stereocenters. The maximum Gasteiger partial charge on any atom is 0.335 e. The van der Waals surface area contributed by atoms with Crippen molar-refractivity contribution >= 4 is 21.9 Å². The number of rotatable bonds is 3. The highest BCUT2D eigenvalue weighted by atomic mass is 79.9. The Balaban J connectivity index is 2.26. The summed E-state index contributed by atoms with van der Waals surface area (Å²) in [7, 11) is 0. The summed E-state index contributed by atoms with van der Waals surface area (Å²) < 4.78 is 6.32. The molecule has 1 heterocycles. The standard InChI is InChI=1S/C16H16BrNO3/c1-16(2,3)11-5-7-14(18-9-11)21-13-8-10(15(19)20)4-6-12(13)17/h4-9H,1-3H3,(H,19,20). The number of hydrogen-bond donors (Lipinski definition) is 1. The highest BCUT2D eigenvalue weighted by Gasteiger charge is 2.14. The first-order chi connectivity index (χ1) is 9.77. The van der Waals surface area contributed by atoms with Gasteiger partial charge in [-0.25, -0.2) is 9.78 Å². The lowest BCUT2D eigenvalue weighted by Crippen LogP contribution is -2.11. The molecular weight excluding hydrogens is 334 g/mol. The summed E-state index contributed by atoms with van der Waals surface area (Å²) in [5.41, 5.74) is 1.29. The average molecular weight is 350 g/mol. The normalized spacial score (nSPS) is 11.2. The maximum absolute atomic E-state index is 11.0. The molecule has 0 bridgehead atoms. The number of carboxylic acids is 1. The summed E-state index contributed by atoms with van der Waals surface area (Å²) in [5.74, 6) is -0.152. The first-order valence-corrected chi connectivity index (χ1v) is 7.24. The second-order valence-electron chi connectivity index (χ2n) is 5.69. The first kappa shape index (κ1) is 15.5. The van der Waals surface area contributed by atoms with Crippen LogP contribution in [0.5, 0.6) is 11.6 Å². The molecule has 5 heteroatoms. The monoisotopic (exact) mass is 349 g/mol. The number of aromatic carboxylic acids is 1. The quantitative estimate of drug-likeness (QED) is 0.877. The first-order valence-electron chi connectivity index (χ1n) is 6.44. The van der Waals surface area contributed by atoms with Gasteiger partial charge in [-0.3, -0.25) is 0 Å². The van der Waals surface area contributed by atoms with Crippen LogP contribution in [0.4, 0.5) is 0 Å². The smallest absolute Gasteiger partial charge is 0.335 e. The van der Waals surface area contributed by atoms with Crippen LogP contribution in [-0.4, -0.2) is 16.1 Å². The van der Waals surface area contributed by atoms with Crippen LogP contribution in [0, 0.1) is 0 Å². The molecule has 110 valence electrons. The van der Waals surface area contributed by atoms with E-state index < -0.39 is 5.97 Å². The fourth-order valence-electron chi connectivity index (χ4n) is 1.71. The van der Waals surface area contributed by atoms with Crippen LogP contribution in [0.3, 0.4) is 0 Å². The Hall–Kier alpha value is -1.88. The van der Waals surface area contributed by atoms with Crippen molar-refractivity contribution in [3.8, 4) is 11.6 Å². The summed E-state index contributed by atoms with van der Waals surface area (Å²) >= 11 is 3.34. The topological polar surface area (TPSA) is 59.4 Å². The van der Waals surface area contributed by atoms with Gasteiger partial charge in [0.15, 0.2) is 0 Å². The molecule has 0 aliphatic heterocycles. The van der Waals surface area contributed by atoms with Gasteiger partial charge in [0.2, 0.25) is 5.88 Å². The zero-order valence-electron chi connectivity index (χ0n) is 12.1.